The van der Waals surface area contributed by atoms with Gasteiger partial charge in [0.2, 0.25) is 0 Å². The van der Waals surface area contributed by atoms with Crippen molar-refractivity contribution >= 4 is 45.3 Å². The van der Waals surface area contributed by atoms with Crippen molar-refractivity contribution in [2.24, 2.45) is 0 Å². The summed E-state index contributed by atoms with van der Waals surface area (Å²) < 4.78 is 0. The molecule has 4 aromatic rings. The molecule has 0 aliphatic rings. The molecule has 0 atom stereocenters. The van der Waals surface area contributed by atoms with Gasteiger partial charge in [-0.15, -0.1) is 45.3 Å². The van der Waals surface area contributed by atoms with E-state index in [1.54, 1.807) is 22.7 Å². The number of aromatic nitrogens is 2. The van der Waals surface area contributed by atoms with Crippen LogP contribution in [0.15, 0.2) is 47.7 Å². The number of hydrogen-bond donors (Lipinski definition) is 0. The molecule has 0 fully saturated rings. The Kier molecular flexibility index (Phi) is 3.23. The third kappa shape index (κ3) is 2.25. The van der Waals surface area contributed by atoms with Crippen molar-refractivity contribution in [3.8, 4) is 29.3 Å². The topological polar surface area (TPSA) is 25.8 Å². The first-order valence-corrected chi connectivity index (χ1v) is 9.27. The molecule has 0 radical (unpaired) electrons. The van der Waals surface area contributed by atoms with Gasteiger partial charge in [0.15, 0.2) is 0 Å². The molecule has 0 saturated heterocycles. The molecule has 4 heterocycles. The number of thiophene rings is 2. The third-order valence-electron chi connectivity index (χ3n) is 2.81. The molecule has 0 spiro atoms. The van der Waals surface area contributed by atoms with Crippen LogP contribution in [0, 0.1) is 0 Å². The van der Waals surface area contributed by atoms with Gasteiger partial charge in [-0.3, -0.25) is 9.97 Å². The molecule has 0 aromatic carbocycles. The van der Waals surface area contributed by atoms with Gasteiger partial charge in [-0.05, 0) is 24.3 Å². The van der Waals surface area contributed by atoms with E-state index in [1.807, 2.05) is 46.1 Å². The molecular formula is C14H8N2S4. The molecule has 2 nitrogen and oxygen atoms in total. The van der Waals surface area contributed by atoms with Gasteiger partial charge < -0.3 is 0 Å². The summed E-state index contributed by atoms with van der Waals surface area (Å²) in [5, 5.41) is 0. The van der Waals surface area contributed by atoms with Gasteiger partial charge in [0.25, 0.3) is 0 Å². The minimum atomic E-state index is 1.24. The lowest BCUT2D eigenvalue weighted by atomic mass is 10.3. The smallest absolute Gasteiger partial charge is 0.0798 e. The van der Waals surface area contributed by atoms with Gasteiger partial charge in [-0.1, -0.05) is 0 Å². The Labute approximate surface area is 132 Å². The third-order valence-corrected chi connectivity index (χ3v) is 7.11. The molecule has 0 amide bonds. The fourth-order valence-corrected chi connectivity index (χ4v) is 5.41. The largest absolute Gasteiger partial charge is 0.252 e. The molecule has 0 unspecified atom stereocenters. The highest BCUT2D eigenvalue weighted by Gasteiger charge is 2.10. The summed E-state index contributed by atoms with van der Waals surface area (Å²) in [7, 11) is 0. The summed E-state index contributed by atoms with van der Waals surface area (Å²) in [6, 6.07) is 8.75. The van der Waals surface area contributed by atoms with Crippen molar-refractivity contribution in [2.75, 3.05) is 0 Å². The van der Waals surface area contributed by atoms with Gasteiger partial charge in [0.1, 0.15) is 0 Å². The van der Waals surface area contributed by atoms with Crippen molar-refractivity contribution in [3.63, 3.8) is 0 Å². The summed E-state index contributed by atoms with van der Waals surface area (Å²) in [5.74, 6) is 0. The lowest BCUT2D eigenvalue weighted by molar-refractivity contribution is 1.43. The standard InChI is InChI=1S/C14H8N2S4/c1-3-11(13-5-15-7-17-13)19-9(1)10-2-4-12(20-10)14-6-16-8-18-14/h1-8H. The van der Waals surface area contributed by atoms with E-state index < -0.39 is 0 Å². The lowest BCUT2D eigenvalue weighted by Crippen LogP contribution is -1.59. The quantitative estimate of drug-likeness (QED) is 0.479. The predicted octanol–water partition coefficient (Wildman–Crippen LogP) is 5.72. The maximum absolute atomic E-state index is 4.14. The van der Waals surface area contributed by atoms with Gasteiger partial charge in [0, 0.05) is 31.9 Å². The van der Waals surface area contributed by atoms with E-state index >= 15 is 0 Å². The average Bonchev–Trinajstić information content (AvgIpc) is 3.22. The zero-order chi connectivity index (χ0) is 13.4. The summed E-state index contributed by atoms with van der Waals surface area (Å²) >= 11 is 7.01. The molecular weight excluding hydrogens is 324 g/mol. The van der Waals surface area contributed by atoms with Crippen molar-refractivity contribution in [3.05, 3.63) is 47.7 Å². The number of thiazole rings is 2. The first-order chi connectivity index (χ1) is 9.90. The SMILES string of the molecule is c1ncc(-c2ccc(-c3ccc(-c4cncs4)s3)s2)s1. The molecule has 4 rings (SSSR count). The monoisotopic (exact) mass is 332 g/mol. The first kappa shape index (κ1) is 12.4. The highest BCUT2D eigenvalue weighted by atomic mass is 32.1. The van der Waals surface area contributed by atoms with Crippen molar-refractivity contribution < 1.29 is 0 Å². The summed E-state index contributed by atoms with van der Waals surface area (Å²) in [6.07, 6.45) is 3.86. The van der Waals surface area contributed by atoms with Crippen LogP contribution in [0.25, 0.3) is 29.3 Å². The van der Waals surface area contributed by atoms with Crippen molar-refractivity contribution in [1.82, 2.24) is 9.97 Å². The van der Waals surface area contributed by atoms with E-state index in [1.165, 1.54) is 29.3 Å². The average molecular weight is 332 g/mol. The highest BCUT2D eigenvalue weighted by Crippen LogP contribution is 2.41. The molecule has 0 aliphatic carbocycles. The predicted molar refractivity (Wildman–Crippen MR) is 89.8 cm³/mol. The highest BCUT2D eigenvalue weighted by molar-refractivity contribution is 7.28. The Hall–Kier alpha value is -1.34. The minimum absolute atomic E-state index is 1.24. The number of hydrogen-bond acceptors (Lipinski definition) is 6. The zero-order valence-electron chi connectivity index (χ0n) is 10.1. The molecule has 0 N–H and O–H groups in total. The van der Waals surface area contributed by atoms with Crippen LogP contribution >= 0.6 is 45.3 Å². The Morgan fingerprint density at radius 2 is 0.950 bits per heavy atom. The molecule has 20 heavy (non-hydrogen) atoms. The molecule has 0 saturated carbocycles. The van der Waals surface area contributed by atoms with Crippen LogP contribution in [-0.4, -0.2) is 9.97 Å². The Morgan fingerprint density at radius 1 is 0.550 bits per heavy atom. The van der Waals surface area contributed by atoms with Gasteiger partial charge >= 0.3 is 0 Å². The zero-order valence-corrected chi connectivity index (χ0v) is 13.4. The van der Waals surface area contributed by atoms with Crippen LogP contribution in [0.1, 0.15) is 0 Å². The van der Waals surface area contributed by atoms with E-state index in [0.717, 1.165) is 0 Å². The molecule has 98 valence electrons. The summed E-state index contributed by atoms with van der Waals surface area (Å²) in [6.45, 7) is 0. The first-order valence-electron chi connectivity index (χ1n) is 5.88. The molecule has 6 heteroatoms. The fourth-order valence-electron chi connectivity index (χ4n) is 1.88. The van der Waals surface area contributed by atoms with Crippen LogP contribution in [0.5, 0.6) is 0 Å². The second-order valence-corrected chi connectivity index (χ2v) is 8.00. The maximum atomic E-state index is 4.14. The van der Waals surface area contributed by atoms with Crippen LogP contribution < -0.4 is 0 Å². The second kappa shape index (κ2) is 5.21. The number of rotatable bonds is 3. The Balaban J connectivity index is 1.68. The van der Waals surface area contributed by atoms with Crippen LogP contribution in [0.3, 0.4) is 0 Å². The maximum Gasteiger partial charge on any atom is 0.0798 e. The summed E-state index contributed by atoms with van der Waals surface area (Å²) in [5.41, 5.74) is 3.75. The van der Waals surface area contributed by atoms with Crippen molar-refractivity contribution in [2.45, 2.75) is 0 Å². The normalized spacial score (nSPS) is 11.0. The van der Waals surface area contributed by atoms with Crippen LogP contribution in [0.2, 0.25) is 0 Å². The van der Waals surface area contributed by atoms with E-state index in [4.69, 9.17) is 0 Å². The van der Waals surface area contributed by atoms with E-state index in [9.17, 15) is 0 Å². The molecule has 0 aliphatic heterocycles. The lowest BCUT2D eigenvalue weighted by Gasteiger charge is -1.90. The molecule has 4 aromatic heterocycles. The summed E-state index contributed by atoms with van der Waals surface area (Å²) in [4.78, 5) is 16.0. The number of nitrogens with zero attached hydrogens (tertiary/aromatic N) is 2. The Morgan fingerprint density at radius 3 is 1.30 bits per heavy atom. The van der Waals surface area contributed by atoms with Crippen LogP contribution in [-0.2, 0) is 0 Å². The Bertz CT molecular complexity index is 739. The van der Waals surface area contributed by atoms with Gasteiger partial charge in [-0.2, -0.15) is 0 Å². The van der Waals surface area contributed by atoms with E-state index in [2.05, 4.69) is 34.2 Å². The molecule has 0 bridgehead atoms. The van der Waals surface area contributed by atoms with E-state index in [-0.39, 0.29) is 0 Å². The fraction of sp³-hybridized carbons (Fsp3) is 0. The van der Waals surface area contributed by atoms with Crippen LogP contribution in [0.4, 0.5) is 0 Å². The van der Waals surface area contributed by atoms with E-state index in [0.29, 0.717) is 0 Å². The van der Waals surface area contributed by atoms with Crippen molar-refractivity contribution in [1.29, 1.82) is 0 Å². The van der Waals surface area contributed by atoms with Gasteiger partial charge in [-0.25, -0.2) is 0 Å². The minimum Gasteiger partial charge on any atom is -0.252 e. The second-order valence-electron chi connectivity index (χ2n) is 4.06. The van der Waals surface area contributed by atoms with Gasteiger partial charge in [0.05, 0.1) is 20.8 Å².